The maximum atomic E-state index is 5.53. The first kappa shape index (κ1) is 28.7. The first-order valence-electron chi connectivity index (χ1n) is 12.8. The third kappa shape index (κ3) is 6.79. The summed E-state index contributed by atoms with van der Waals surface area (Å²) in [4.78, 5) is 5.53. The fraction of sp³-hybridized carbons (Fsp3) is 0.962. The van der Waals surface area contributed by atoms with Gasteiger partial charge in [0.05, 0.1) is 0 Å². The maximum absolute atomic E-state index is 5.53. The summed E-state index contributed by atoms with van der Waals surface area (Å²) in [6.07, 6.45) is 15.4. The van der Waals surface area contributed by atoms with Crippen molar-refractivity contribution in [2.75, 3.05) is 0 Å². The van der Waals surface area contributed by atoms with Crippen LogP contribution < -0.4 is 0 Å². The van der Waals surface area contributed by atoms with Crippen LogP contribution in [0.4, 0.5) is 0 Å². The molecule has 0 aromatic carbocycles. The van der Waals surface area contributed by atoms with Crippen molar-refractivity contribution in [2.24, 2.45) is 41.4 Å². The monoisotopic (exact) mass is 521 g/mol. The molecule has 31 heavy (non-hydrogen) atoms. The first-order chi connectivity index (χ1) is 14.1. The van der Waals surface area contributed by atoms with Crippen molar-refractivity contribution in [2.45, 2.75) is 116 Å². The number of nitrogens with zero attached hydrogens (tertiary/aromatic N) is 1. The molecule has 0 amide bonds. The molecule has 4 saturated carbocycles. The SMILES string of the molecule is CC1CC2C(CC3CCCC3C2C2CCCCC2)C1[Si](C)(C)[N-]C(C)(C)C.[CH3-].[Cl][Ti][Cl]. The molecular weight excluding hydrogens is 473 g/mol. The number of halogens is 2. The van der Waals surface area contributed by atoms with Crippen LogP contribution in [-0.4, -0.2) is 13.8 Å². The van der Waals surface area contributed by atoms with E-state index in [9.17, 15) is 0 Å². The van der Waals surface area contributed by atoms with Crippen LogP contribution in [0.15, 0.2) is 0 Å². The Labute approximate surface area is 212 Å². The van der Waals surface area contributed by atoms with Gasteiger partial charge in [0.2, 0.25) is 0 Å². The second-order valence-electron chi connectivity index (χ2n) is 12.6. The van der Waals surface area contributed by atoms with Crippen molar-refractivity contribution in [1.29, 1.82) is 0 Å². The Morgan fingerprint density at radius 3 is 1.97 bits per heavy atom. The summed E-state index contributed by atoms with van der Waals surface area (Å²) in [5.74, 6) is 7.32. The molecule has 5 heteroatoms. The molecule has 0 bridgehead atoms. The quantitative estimate of drug-likeness (QED) is 0.259. The second kappa shape index (κ2) is 11.9. The van der Waals surface area contributed by atoms with Crippen LogP contribution in [0.5, 0.6) is 0 Å². The molecule has 4 aliphatic rings. The van der Waals surface area contributed by atoms with E-state index in [1.165, 1.54) is 32.1 Å². The molecule has 0 aromatic rings. The molecule has 0 saturated heterocycles. The number of hydrogen-bond acceptors (Lipinski definition) is 0. The molecule has 4 rings (SSSR count). The van der Waals surface area contributed by atoms with Gasteiger partial charge in [-0.25, -0.2) is 0 Å². The van der Waals surface area contributed by atoms with Crippen LogP contribution in [0.1, 0.15) is 91.9 Å². The minimum atomic E-state index is -1.58. The van der Waals surface area contributed by atoms with Gasteiger partial charge in [0.1, 0.15) is 0 Å². The predicted octanol–water partition coefficient (Wildman–Crippen LogP) is 9.85. The Kier molecular flexibility index (Phi) is 11.1. The fourth-order valence-electron chi connectivity index (χ4n) is 9.11. The molecular formula is C26H49Cl2NSiTi-2. The van der Waals surface area contributed by atoms with E-state index in [-0.39, 0.29) is 13.0 Å². The molecule has 4 fully saturated rings. The van der Waals surface area contributed by atoms with E-state index in [1.807, 2.05) is 0 Å². The van der Waals surface area contributed by atoms with Crippen molar-refractivity contribution in [3.63, 3.8) is 0 Å². The molecule has 0 N–H and O–H groups in total. The molecule has 0 radical (unpaired) electrons. The first-order valence-corrected chi connectivity index (χ1v) is 20.1. The second-order valence-corrected chi connectivity index (χ2v) is 19.4. The van der Waals surface area contributed by atoms with Crippen LogP contribution >= 0.6 is 18.6 Å². The number of hydrogen-bond donors (Lipinski definition) is 0. The Morgan fingerprint density at radius 2 is 1.39 bits per heavy atom. The van der Waals surface area contributed by atoms with Gasteiger partial charge in [-0.15, -0.1) is 5.54 Å². The molecule has 0 spiro atoms. The summed E-state index contributed by atoms with van der Waals surface area (Å²) < 4.78 is 0. The molecule has 0 aromatic heterocycles. The van der Waals surface area contributed by atoms with Crippen molar-refractivity contribution in [3.8, 4) is 0 Å². The van der Waals surface area contributed by atoms with E-state index in [4.69, 9.17) is 23.6 Å². The van der Waals surface area contributed by atoms with Crippen molar-refractivity contribution in [1.82, 2.24) is 0 Å². The Bertz CT molecular complexity index is 546. The summed E-state index contributed by atoms with van der Waals surface area (Å²) in [5.41, 5.74) is 1.08. The van der Waals surface area contributed by atoms with E-state index in [1.54, 1.807) is 32.1 Å². The fourth-order valence-corrected chi connectivity index (χ4v) is 14.0. The van der Waals surface area contributed by atoms with Crippen molar-refractivity contribution in [3.05, 3.63) is 12.4 Å². The van der Waals surface area contributed by atoms with E-state index >= 15 is 0 Å². The van der Waals surface area contributed by atoms with Crippen molar-refractivity contribution >= 4 is 26.8 Å². The van der Waals surface area contributed by atoms with E-state index in [0.717, 1.165) is 47.0 Å². The molecule has 7 unspecified atom stereocenters. The van der Waals surface area contributed by atoms with Crippen LogP contribution in [0, 0.1) is 48.9 Å². The summed E-state index contributed by atoms with van der Waals surface area (Å²) >= 11 is -0.556. The summed E-state index contributed by atoms with van der Waals surface area (Å²) in [6.45, 7) is 14.8. The zero-order chi connectivity index (χ0) is 22.1. The Balaban J connectivity index is 0.000000808. The molecule has 0 heterocycles. The molecule has 182 valence electrons. The van der Waals surface area contributed by atoms with Crippen LogP contribution in [0.2, 0.25) is 18.6 Å². The zero-order valence-corrected chi connectivity index (χ0v) is 25.5. The standard InChI is InChI=1S/C25H46NSi.CH3.2ClH.Ti/c1-17-15-21-22(24(17)27(5,6)26-25(2,3)4)16-19-13-10-14-20(19)23(21)18-11-8-7-9-12-18;;;;/h17-24H,7-16H2,1-6H3;1H3;2*1H;/q2*-1;;;+2/p-2. The van der Waals surface area contributed by atoms with Gasteiger partial charge in [0, 0.05) is 0 Å². The van der Waals surface area contributed by atoms with Gasteiger partial charge < -0.3 is 12.4 Å². The summed E-state index contributed by atoms with van der Waals surface area (Å²) in [6, 6.07) is 0. The topological polar surface area (TPSA) is 14.1 Å². The third-order valence-corrected chi connectivity index (χ3v) is 13.1. The zero-order valence-electron chi connectivity index (χ0n) is 21.4. The summed E-state index contributed by atoms with van der Waals surface area (Å²) in [5, 5.41) is 0. The van der Waals surface area contributed by atoms with Gasteiger partial charge in [-0.3, -0.25) is 0 Å². The molecule has 0 aliphatic heterocycles. The van der Waals surface area contributed by atoms with Crippen LogP contribution in [-0.2, 0) is 17.0 Å². The van der Waals surface area contributed by atoms with E-state index in [0.29, 0.717) is 0 Å². The average molecular weight is 523 g/mol. The summed E-state index contributed by atoms with van der Waals surface area (Å²) in [7, 11) is 8.20. The van der Waals surface area contributed by atoms with Gasteiger partial charge in [0.15, 0.2) is 0 Å². The van der Waals surface area contributed by atoms with E-state index in [2.05, 4.69) is 40.8 Å². The number of fused-ring (bicyclic) bond motifs is 2. The molecule has 7 atom stereocenters. The van der Waals surface area contributed by atoms with Crippen molar-refractivity contribution < 1.29 is 17.0 Å². The Hall–Kier alpha value is 1.47. The predicted molar refractivity (Wildman–Crippen MR) is 139 cm³/mol. The van der Waals surface area contributed by atoms with Crippen LogP contribution in [0.3, 0.4) is 0 Å². The van der Waals surface area contributed by atoms with Gasteiger partial charge in [0.25, 0.3) is 0 Å². The normalized spacial score (nSPS) is 38.4. The molecule has 4 aliphatic carbocycles. The van der Waals surface area contributed by atoms with Gasteiger partial charge in [-0.05, 0) is 60.7 Å². The average Bonchev–Trinajstić information content (AvgIpc) is 3.22. The van der Waals surface area contributed by atoms with Gasteiger partial charge in [-0.1, -0.05) is 99.5 Å². The Morgan fingerprint density at radius 1 is 0.806 bits per heavy atom. The molecule has 1 nitrogen and oxygen atoms in total. The van der Waals surface area contributed by atoms with Crippen LogP contribution in [0.25, 0.3) is 4.98 Å². The third-order valence-electron chi connectivity index (χ3n) is 9.18. The van der Waals surface area contributed by atoms with Gasteiger partial charge in [-0.2, -0.15) is 0 Å². The van der Waals surface area contributed by atoms with Gasteiger partial charge >= 0.3 is 35.6 Å². The minimum absolute atomic E-state index is 0. The number of rotatable bonds is 3. The van der Waals surface area contributed by atoms with E-state index < -0.39 is 25.3 Å².